The summed E-state index contributed by atoms with van der Waals surface area (Å²) in [7, 11) is 0. The maximum Gasteiger partial charge on any atom is 0.261 e. The van der Waals surface area contributed by atoms with E-state index in [9.17, 15) is 9.59 Å². The quantitative estimate of drug-likeness (QED) is 0.627. The Bertz CT molecular complexity index is 965. The first kappa shape index (κ1) is 20.2. The maximum absolute atomic E-state index is 13.3. The standard InChI is InChI=1S/C22H22Cl2N2O3/c1-3-4-11-25-21(27)18-19(15-10-9-14(23)12-16(15)24)26(29-20(18)22(25)28)17-8-6-5-7-13(17)2/h5-10,12,18-20H,3-4,11H2,1-2H3. The number of unbranched alkanes of at least 4 members (excludes halogenated alkanes) is 1. The van der Waals surface area contributed by atoms with Gasteiger partial charge in [0.25, 0.3) is 5.91 Å². The van der Waals surface area contributed by atoms with E-state index in [1.165, 1.54) is 4.90 Å². The number of hydrogen-bond donors (Lipinski definition) is 0. The number of benzene rings is 2. The topological polar surface area (TPSA) is 49.9 Å². The number of anilines is 1. The number of likely N-dealkylation sites (tertiary alicyclic amines) is 1. The van der Waals surface area contributed by atoms with Gasteiger partial charge >= 0.3 is 0 Å². The van der Waals surface area contributed by atoms with Gasteiger partial charge in [-0.05, 0) is 42.7 Å². The Morgan fingerprint density at radius 3 is 2.52 bits per heavy atom. The lowest BCUT2D eigenvalue weighted by Crippen LogP contribution is -2.38. The third-order valence-corrected chi connectivity index (χ3v) is 6.14. The third-order valence-electron chi connectivity index (χ3n) is 5.58. The number of imide groups is 1. The van der Waals surface area contributed by atoms with Gasteiger partial charge in [0.2, 0.25) is 5.91 Å². The number of rotatable bonds is 5. The normalized spacial score (nSPS) is 23.8. The third kappa shape index (κ3) is 3.41. The molecule has 2 aromatic rings. The number of fused-ring (bicyclic) bond motifs is 1. The van der Waals surface area contributed by atoms with Crippen molar-refractivity contribution in [1.82, 2.24) is 4.90 Å². The molecule has 2 aromatic carbocycles. The second kappa shape index (κ2) is 7.98. The molecule has 2 aliphatic heterocycles. The highest BCUT2D eigenvalue weighted by atomic mass is 35.5. The molecule has 2 aliphatic rings. The Morgan fingerprint density at radius 2 is 1.83 bits per heavy atom. The first-order valence-electron chi connectivity index (χ1n) is 9.75. The number of carbonyl (C=O) groups is 2. The second-order valence-corrected chi connectivity index (χ2v) is 8.30. The van der Waals surface area contributed by atoms with Crippen molar-refractivity contribution in [2.45, 2.75) is 38.8 Å². The zero-order valence-electron chi connectivity index (χ0n) is 16.3. The van der Waals surface area contributed by atoms with Crippen LogP contribution in [0.4, 0.5) is 5.69 Å². The van der Waals surface area contributed by atoms with Crippen LogP contribution in [0, 0.1) is 12.8 Å². The van der Waals surface area contributed by atoms with E-state index in [1.807, 2.05) is 38.1 Å². The largest absolute Gasteiger partial charge is 0.280 e. The van der Waals surface area contributed by atoms with E-state index >= 15 is 0 Å². The highest BCUT2D eigenvalue weighted by Crippen LogP contribution is 2.49. The van der Waals surface area contributed by atoms with Gasteiger partial charge in [0.1, 0.15) is 5.92 Å². The first-order chi connectivity index (χ1) is 13.9. The summed E-state index contributed by atoms with van der Waals surface area (Å²) in [6.45, 7) is 4.40. The van der Waals surface area contributed by atoms with Gasteiger partial charge in [-0.2, -0.15) is 0 Å². The van der Waals surface area contributed by atoms with Gasteiger partial charge in [-0.15, -0.1) is 0 Å². The van der Waals surface area contributed by atoms with Gasteiger partial charge in [-0.1, -0.05) is 60.8 Å². The van der Waals surface area contributed by atoms with Gasteiger partial charge in [-0.25, -0.2) is 5.06 Å². The predicted octanol–water partition coefficient (Wildman–Crippen LogP) is 4.95. The van der Waals surface area contributed by atoms with Gasteiger partial charge in [-0.3, -0.25) is 19.3 Å². The predicted molar refractivity (Wildman–Crippen MR) is 113 cm³/mol. The number of nitrogens with zero attached hydrogens (tertiary/aromatic N) is 2. The van der Waals surface area contributed by atoms with Gasteiger partial charge in [0.15, 0.2) is 6.10 Å². The summed E-state index contributed by atoms with van der Waals surface area (Å²) in [6, 6.07) is 12.4. The minimum atomic E-state index is -0.851. The molecular formula is C22H22Cl2N2O3. The molecule has 0 bridgehead atoms. The smallest absolute Gasteiger partial charge is 0.261 e. The van der Waals surface area contributed by atoms with Crippen LogP contribution in [-0.4, -0.2) is 29.4 Å². The molecule has 2 saturated heterocycles. The molecule has 7 heteroatoms. The second-order valence-electron chi connectivity index (χ2n) is 7.46. The van der Waals surface area contributed by atoms with Crippen LogP contribution in [0.3, 0.4) is 0 Å². The summed E-state index contributed by atoms with van der Waals surface area (Å²) in [4.78, 5) is 33.7. The van der Waals surface area contributed by atoms with E-state index in [4.69, 9.17) is 28.0 Å². The molecule has 0 spiro atoms. The molecule has 0 aliphatic carbocycles. The van der Waals surface area contributed by atoms with E-state index < -0.39 is 18.1 Å². The number of amides is 2. The van der Waals surface area contributed by atoms with Crippen LogP contribution < -0.4 is 5.06 Å². The van der Waals surface area contributed by atoms with Crippen LogP contribution in [-0.2, 0) is 14.4 Å². The Labute approximate surface area is 180 Å². The molecule has 29 heavy (non-hydrogen) atoms. The summed E-state index contributed by atoms with van der Waals surface area (Å²) in [5, 5.41) is 2.62. The fourth-order valence-electron chi connectivity index (χ4n) is 4.09. The monoisotopic (exact) mass is 432 g/mol. The van der Waals surface area contributed by atoms with Crippen molar-refractivity contribution >= 4 is 40.7 Å². The lowest BCUT2D eigenvalue weighted by atomic mass is 9.90. The Morgan fingerprint density at radius 1 is 1.07 bits per heavy atom. The van der Waals surface area contributed by atoms with E-state index in [1.54, 1.807) is 23.3 Å². The van der Waals surface area contributed by atoms with Crippen molar-refractivity contribution in [3.8, 4) is 0 Å². The molecule has 152 valence electrons. The number of hydrogen-bond acceptors (Lipinski definition) is 4. The highest BCUT2D eigenvalue weighted by Gasteiger charge is 2.60. The van der Waals surface area contributed by atoms with Crippen molar-refractivity contribution in [2.24, 2.45) is 5.92 Å². The van der Waals surface area contributed by atoms with E-state index in [-0.39, 0.29) is 11.8 Å². The van der Waals surface area contributed by atoms with Crippen LogP contribution in [0.15, 0.2) is 42.5 Å². The SMILES string of the molecule is CCCCN1C(=O)C2ON(c3ccccc3C)C(c3ccc(Cl)cc3Cl)C2C1=O. The first-order valence-corrected chi connectivity index (χ1v) is 10.5. The number of halogens is 2. The molecule has 2 amide bonds. The van der Waals surface area contributed by atoms with Crippen LogP contribution in [0.5, 0.6) is 0 Å². The van der Waals surface area contributed by atoms with Crippen LogP contribution in [0.25, 0.3) is 0 Å². The Balaban J connectivity index is 1.80. The van der Waals surface area contributed by atoms with Crippen molar-refractivity contribution in [2.75, 3.05) is 11.6 Å². The highest BCUT2D eigenvalue weighted by molar-refractivity contribution is 6.35. The molecule has 0 radical (unpaired) electrons. The number of carbonyl (C=O) groups excluding carboxylic acids is 2. The molecule has 0 N–H and O–H groups in total. The summed E-state index contributed by atoms with van der Waals surface area (Å²) in [5.41, 5.74) is 2.49. The molecule has 3 unspecified atom stereocenters. The van der Waals surface area contributed by atoms with E-state index in [2.05, 4.69) is 0 Å². The van der Waals surface area contributed by atoms with Crippen LogP contribution >= 0.6 is 23.2 Å². The molecule has 0 aromatic heterocycles. The van der Waals surface area contributed by atoms with Crippen molar-refractivity contribution < 1.29 is 14.4 Å². The number of aryl methyl sites for hydroxylation is 1. The van der Waals surface area contributed by atoms with Crippen LogP contribution in [0.1, 0.15) is 36.9 Å². The summed E-state index contributed by atoms with van der Waals surface area (Å²) in [5.74, 6) is -1.14. The molecule has 2 heterocycles. The van der Waals surface area contributed by atoms with E-state index in [0.29, 0.717) is 22.2 Å². The minimum absolute atomic E-state index is 0.208. The zero-order chi connectivity index (χ0) is 20.7. The lowest BCUT2D eigenvalue weighted by molar-refractivity contribution is -0.143. The molecule has 4 rings (SSSR count). The average Bonchev–Trinajstić information content (AvgIpc) is 3.17. The molecule has 3 atom stereocenters. The zero-order valence-corrected chi connectivity index (χ0v) is 17.8. The van der Waals surface area contributed by atoms with E-state index in [0.717, 1.165) is 24.1 Å². The fraction of sp³-hybridized carbons (Fsp3) is 0.364. The molecule has 2 fully saturated rings. The molecule has 5 nitrogen and oxygen atoms in total. The maximum atomic E-state index is 13.3. The Kier molecular flexibility index (Phi) is 5.56. The van der Waals surface area contributed by atoms with Crippen molar-refractivity contribution in [1.29, 1.82) is 0 Å². The van der Waals surface area contributed by atoms with Crippen molar-refractivity contribution in [3.63, 3.8) is 0 Å². The van der Waals surface area contributed by atoms with Gasteiger partial charge < -0.3 is 0 Å². The van der Waals surface area contributed by atoms with Gasteiger partial charge in [0.05, 0.1) is 11.7 Å². The number of hydroxylamine groups is 1. The molecule has 0 saturated carbocycles. The summed E-state index contributed by atoms with van der Waals surface area (Å²) in [6.07, 6.45) is 0.815. The molecular weight excluding hydrogens is 411 g/mol. The fourth-order valence-corrected chi connectivity index (χ4v) is 4.61. The summed E-state index contributed by atoms with van der Waals surface area (Å²) < 4.78 is 0. The van der Waals surface area contributed by atoms with Crippen molar-refractivity contribution in [3.05, 3.63) is 63.6 Å². The lowest BCUT2D eigenvalue weighted by Gasteiger charge is -2.30. The average molecular weight is 433 g/mol. The van der Waals surface area contributed by atoms with Crippen LogP contribution in [0.2, 0.25) is 10.0 Å². The number of para-hydroxylation sites is 1. The summed E-state index contributed by atoms with van der Waals surface area (Å²) >= 11 is 12.6. The van der Waals surface area contributed by atoms with Gasteiger partial charge in [0, 0.05) is 16.6 Å². The minimum Gasteiger partial charge on any atom is -0.280 e. The Hall–Kier alpha value is -2.08.